The number of nitrogens with one attached hydrogen (secondary N) is 1. The van der Waals surface area contributed by atoms with Gasteiger partial charge in [-0.05, 0) is 20.3 Å². The van der Waals surface area contributed by atoms with Crippen molar-refractivity contribution in [3.05, 3.63) is 0 Å². The quantitative estimate of drug-likeness (QED) is 0.761. The molecule has 0 saturated heterocycles. The Kier molecular flexibility index (Phi) is 4.83. The Morgan fingerprint density at radius 3 is 2.19 bits per heavy atom. The molecule has 16 heavy (non-hydrogen) atoms. The molecule has 0 aromatic heterocycles. The number of terminal acetylenes is 1. The Morgan fingerprint density at radius 2 is 1.81 bits per heavy atom. The highest BCUT2D eigenvalue weighted by Gasteiger charge is 2.28. The van der Waals surface area contributed by atoms with Gasteiger partial charge in [-0.25, -0.2) is 8.42 Å². The van der Waals surface area contributed by atoms with Crippen LogP contribution in [0.2, 0.25) is 0 Å². The summed E-state index contributed by atoms with van der Waals surface area (Å²) < 4.78 is 60.1. The number of halogens is 3. The number of rotatable bonds is 5. The molecule has 0 aliphatic heterocycles. The zero-order valence-electron chi connectivity index (χ0n) is 9.06. The van der Waals surface area contributed by atoms with Gasteiger partial charge in [0.05, 0.1) is 11.3 Å². The van der Waals surface area contributed by atoms with E-state index in [1.165, 1.54) is 13.8 Å². The van der Waals surface area contributed by atoms with E-state index in [4.69, 9.17) is 6.42 Å². The number of sulfonamides is 1. The molecule has 0 aliphatic carbocycles. The third-order valence-electron chi connectivity index (χ3n) is 1.64. The second-order valence-electron chi connectivity index (χ2n) is 3.91. The van der Waals surface area contributed by atoms with Gasteiger partial charge in [0.25, 0.3) is 0 Å². The molecule has 0 aromatic rings. The maximum Gasteiger partial charge on any atom is 0.389 e. The van der Waals surface area contributed by atoms with Crippen LogP contribution in [0.15, 0.2) is 0 Å². The zero-order valence-corrected chi connectivity index (χ0v) is 9.87. The predicted molar refractivity (Wildman–Crippen MR) is 55.1 cm³/mol. The third kappa shape index (κ3) is 7.54. The van der Waals surface area contributed by atoms with Crippen molar-refractivity contribution in [1.29, 1.82) is 0 Å². The molecule has 0 heterocycles. The fourth-order valence-electron chi connectivity index (χ4n) is 0.932. The molecule has 3 nitrogen and oxygen atoms in total. The van der Waals surface area contributed by atoms with Gasteiger partial charge in [-0.3, -0.25) is 0 Å². The second-order valence-corrected chi connectivity index (χ2v) is 5.75. The minimum absolute atomic E-state index is 0.473. The summed E-state index contributed by atoms with van der Waals surface area (Å²) in [7, 11) is -3.77. The van der Waals surface area contributed by atoms with Gasteiger partial charge < -0.3 is 0 Å². The summed E-state index contributed by atoms with van der Waals surface area (Å²) in [5.74, 6) is 1.61. The number of hydrogen-bond donors (Lipinski definition) is 1. The zero-order chi connectivity index (χ0) is 13.0. The van der Waals surface area contributed by atoms with Crippen LogP contribution in [0.1, 0.15) is 26.7 Å². The van der Waals surface area contributed by atoms with Crippen molar-refractivity contribution in [3.8, 4) is 12.3 Å². The lowest BCUT2D eigenvalue weighted by Gasteiger charge is -2.19. The molecule has 0 fully saturated rings. The van der Waals surface area contributed by atoms with E-state index >= 15 is 0 Å². The van der Waals surface area contributed by atoms with Crippen molar-refractivity contribution in [1.82, 2.24) is 4.72 Å². The topological polar surface area (TPSA) is 46.2 Å². The lowest BCUT2D eigenvalue weighted by atomic mass is 10.1. The predicted octanol–water partition coefficient (Wildman–Crippen LogP) is 1.66. The summed E-state index contributed by atoms with van der Waals surface area (Å²) >= 11 is 0. The standard InChI is InChI=1S/C9H14F3NO2S/c1-4-8(2,3)13-16(14,15)7-5-6-9(10,11)12/h1,13H,5-7H2,2-3H3. The molecule has 0 spiro atoms. The van der Waals surface area contributed by atoms with Gasteiger partial charge in [0.1, 0.15) is 0 Å². The van der Waals surface area contributed by atoms with E-state index in [2.05, 4.69) is 10.6 Å². The molecule has 0 bridgehead atoms. The molecular formula is C9H14F3NO2S. The van der Waals surface area contributed by atoms with Crippen LogP contribution < -0.4 is 4.72 Å². The van der Waals surface area contributed by atoms with E-state index in [-0.39, 0.29) is 0 Å². The first-order chi connectivity index (χ1) is 6.97. The highest BCUT2D eigenvalue weighted by molar-refractivity contribution is 7.89. The first kappa shape index (κ1) is 15.3. The summed E-state index contributed by atoms with van der Waals surface area (Å²) in [4.78, 5) is 0. The van der Waals surface area contributed by atoms with Crippen LogP contribution in [0.25, 0.3) is 0 Å². The van der Waals surface area contributed by atoms with Gasteiger partial charge >= 0.3 is 6.18 Å². The highest BCUT2D eigenvalue weighted by Crippen LogP contribution is 2.21. The van der Waals surface area contributed by atoms with Crippen molar-refractivity contribution in [2.45, 2.75) is 38.4 Å². The van der Waals surface area contributed by atoms with Crippen LogP contribution in [-0.4, -0.2) is 25.9 Å². The average Bonchev–Trinajstić information content (AvgIpc) is 1.99. The first-order valence-corrected chi connectivity index (χ1v) is 6.19. The maximum atomic E-state index is 11.8. The Bertz CT molecular complexity index is 365. The summed E-state index contributed by atoms with van der Waals surface area (Å²) in [6, 6.07) is 0. The Hall–Kier alpha value is -0.740. The molecule has 0 rings (SSSR count). The number of alkyl halides is 3. The van der Waals surface area contributed by atoms with Crippen LogP contribution in [-0.2, 0) is 10.0 Å². The van der Waals surface area contributed by atoms with E-state index in [1.54, 1.807) is 0 Å². The monoisotopic (exact) mass is 257 g/mol. The molecule has 0 aromatic carbocycles. The highest BCUT2D eigenvalue weighted by atomic mass is 32.2. The molecule has 94 valence electrons. The van der Waals surface area contributed by atoms with Crippen molar-refractivity contribution in [3.63, 3.8) is 0 Å². The van der Waals surface area contributed by atoms with E-state index in [1.807, 2.05) is 0 Å². The molecule has 0 unspecified atom stereocenters. The largest absolute Gasteiger partial charge is 0.389 e. The maximum absolute atomic E-state index is 11.8. The number of hydrogen-bond acceptors (Lipinski definition) is 2. The van der Waals surface area contributed by atoms with Gasteiger partial charge in [-0.1, -0.05) is 5.92 Å². The van der Waals surface area contributed by atoms with Crippen molar-refractivity contribution in [2.24, 2.45) is 0 Å². The van der Waals surface area contributed by atoms with Crippen LogP contribution in [0.3, 0.4) is 0 Å². The van der Waals surface area contributed by atoms with Gasteiger partial charge in [0.15, 0.2) is 0 Å². The van der Waals surface area contributed by atoms with Crippen LogP contribution in [0.5, 0.6) is 0 Å². The van der Waals surface area contributed by atoms with E-state index in [0.29, 0.717) is 0 Å². The van der Waals surface area contributed by atoms with Crippen molar-refractivity contribution >= 4 is 10.0 Å². The lowest BCUT2D eigenvalue weighted by Crippen LogP contribution is -2.43. The van der Waals surface area contributed by atoms with Crippen LogP contribution in [0, 0.1) is 12.3 Å². The smallest absolute Gasteiger partial charge is 0.212 e. The van der Waals surface area contributed by atoms with E-state index in [9.17, 15) is 21.6 Å². The minimum atomic E-state index is -4.34. The Morgan fingerprint density at radius 1 is 1.31 bits per heavy atom. The fraction of sp³-hybridized carbons (Fsp3) is 0.778. The van der Waals surface area contributed by atoms with Gasteiger partial charge in [-0.2, -0.15) is 17.9 Å². The lowest BCUT2D eigenvalue weighted by molar-refractivity contribution is -0.134. The summed E-state index contributed by atoms with van der Waals surface area (Å²) in [5, 5.41) is 0. The summed E-state index contributed by atoms with van der Waals surface area (Å²) in [6.45, 7) is 2.91. The first-order valence-electron chi connectivity index (χ1n) is 4.54. The normalized spacial score (nSPS) is 13.5. The average molecular weight is 257 g/mol. The molecular weight excluding hydrogens is 243 g/mol. The molecule has 0 atom stereocenters. The Balaban J connectivity index is 4.25. The second kappa shape index (κ2) is 5.06. The van der Waals surface area contributed by atoms with Gasteiger partial charge in [-0.15, -0.1) is 6.42 Å². The molecule has 1 N–H and O–H groups in total. The van der Waals surface area contributed by atoms with Crippen molar-refractivity contribution in [2.75, 3.05) is 5.75 Å². The van der Waals surface area contributed by atoms with Crippen LogP contribution >= 0.6 is 0 Å². The van der Waals surface area contributed by atoms with Crippen molar-refractivity contribution < 1.29 is 21.6 Å². The molecule has 0 saturated carbocycles. The minimum Gasteiger partial charge on any atom is -0.212 e. The summed E-state index contributed by atoms with van der Waals surface area (Å²) in [6.07, 6.45) is -0.875. The molecule has 0 amide bonds. The van der Waals surface area contributed by atoms with E-state index < -0.39 is 40.3 Å². The molecule has 0 radical (unpaired) electrons. The third-order valence-corrected chi connectivity index (χ3v) is 3.29. The van der Waals surface area contributed by atoms with Crippen LogP contribution in [0.4, 0.5) is 13.2 Å². The molecule has 7 heteroatoms. The van der Waals surface area contributed by atoms with E-state index in [0.717, 1.165) is 0 Å². The Labute approximate surface area is 93.5 Å². The fourth-order valence-corrected chi connectivity index (χ4v) is 2.39. The van der Waals surface area contributed by atoms with Gasteiger partial charge in [0.2, 0.25) is 10.0 Å². The summed E-state index contributed by atoms with van der Waals surface area (Å²) in [5.41, 5.74) is -1.09. The SMILES string of the molecule is C#CC(C)(C)NS(=O)(=O)CCCC(F)(F)F. The molecule has 0 aliphatic rings. The van der Waals surface area contributed by atoms with Gasteiger partial charge in [0, 0.05) is 6.42 Å².